The van der Waals surface area contributed by atoms with Crippen LogP contribution in [0.2, 0.25) is 0 Å². The van der Waals surface area contributed by atoms with Gasteiger partial charge in [-0.1, -0.05) is 37.5 Å². The van der Waals surface area contributed by atoms with Crippen LogP contribution in [0, 0.1) is 0 Å². The van der Waals surface area contributed by atoms with E-state index in [1.807, 2.05) is 4.52 Å². The molecule has 1 unspecified atom stereocenters. The van der Waals surface area contributed by atoms with Crippen molar-refractivity contribution in [1.29, 1.82) is 0 Å². The van der Waals surface area contributed by atoms with E-state index in [9.17, 15) is 0 Å². The van der Waals surface area contributed by atoms with Crippen LogP contribution in [0.5, 0.6) is 0 Å². The fraction of sp³-hybridized carbons (Fsp3) is 0.786. The monoisotopic (exact) mass is 291 g/mol. The summed E-state index contributed by atoms with van der Waals surface area (Å²) in [5.74, 6) is 1.65. The minimum absolute atomic E-state index is 0.176. The van der Waals surface area contributed by atoms with Crippen LogP contribution in [0.15, 0.2) is 0 Å². The van der Waals surface area contributed by atoms with Crippen LogP contribution in [0.1, 0.15) is 62.2 Å². The van der Waals surface area contributed by atoms with E-state index in [1.54, 1.807) is 11.3 Å². The molecule has 2 aromatic rings. The number of nitrogens with zero attached hydrogens (tertiary/aromatic N) is 4. The highest BCUT2D eigenvalue weighted by Gasteiger charge is 2.35. The second kappa shape index (κ2) is 4.77. The van der Waals surface area contributed by atoms with Crippen molar-refractivity contribution in [2.75, 3.05) is 13.1 Å². The van der Waals surface area contributed by atoms with Crippen LogP contribution in [-0.4, -0.2) is 32.9 Å². The fourth-order valence-corrected chi connectivity index (χ4v) is 4.51. The first-order chi connectivity index (χ1) is 9.76. The van der Waals surface area contributed by atoms with E-state index in [4.69, 9.17) is 5.10 Å². The minimum Gasteiger partial charge on any atom is -0.316 e. The van der Waals surface area contributed by atoms with Gasteiger partial charge < -0.3 is 5.32 Å². The summed E-state index contributed by atoms with van der Waals surface area (Å²) in [5, 5.41) is 18.3. The van der Waals surface area contributed by atoms with Crippen LogP contribution in [0.4, 0.5) is 0 Å². The maximum Gasteiger partial charge on any atom is 0.234 e. The Labute approximate surface area is 122 Å². The summed E-state index contributed by atoms with van der Waals surface area (Å²) < 4.78 is 2.03. The van der Waals surface area contributed by atoms with Crippen LogP contribution in [0.3, 0.4) is 0 Å². The number of hydrogen-bond acceptors (Lipinski definition) is 5. The van der Waals surface area contributed by atoms with Gasteiger partial charge in [-0.2, -0.15) is 9.61 Å². The van der Waals surface area contributed by atoms with Crippen LogP contribution >= 0.6 is 11.3 Å². The highest BCUT2D eigenvalue weighted by molar-refractivity contribution is 7.16. The lowest BCUT2D eigenvalue weighted by Gasteiger charge is -2.19. The molecule has 0 amide bonds. The Kier molecular flexibility index (Phi) is 3.03. The largest absolute Gasteiger partial charge is 0.316 e. The van der Waals surface area contributed by atoms with E-state index >= 15 is 0 Å². The van der Waals surface area contributed by atoms with Crippen molar-refractivity contribution in [2.45, 2.75) is 56.8 Å². The smallest absolute Gasteiger partial charge is 0.234 e. The topological polar surface area (TPSA) is 55.1 Å². The minimum atomic E-state index is 0.176. The lowest BCUT2D eigenvalue weighted by Crippen LogP contribution is -2.25. The Morgan fingerprint density at radius 1 is 1.25 bits per heavy atom. The summed E-state index contributed by atoms with van der Waals surface area (Å²) in [6, 6.07) is 0. The Bertz CT molecular complexity index is 604. The molecule has 1 aliphatic carbocycles. The van der Waals surface area contributed by atoms with Crippen molar-refractivity contribution in [3.05, 3.63) is 10.8 Å². The third-order valence-corrected chi connectivity index (χ3v) is 6.08. The number of aromatic nitrogens is 4. The summed E-state index contributed by atoms with van der Waals surface area (Å²) >= 11 is 1.72. The third kappa shape index (κ3) is 1.97. The quantitative estimate of drug-likeness (QED) is 0.923. The van der Waals surface area contributed by atoms with Gasteiger partial charge in [-0.3, -0.25) is 0 Å². The van der Waals surface area contributed by atoms with Gasteiger partial charge in [-0.25, -0.2) is 0 Å². The molecule has 2 fully saturated rings. The summed E-state index contributed by atoms with van der Waals surface area (Å²) in [7, 11) is 0. The molecule has 1 aliphatic heterocycles. The first-order valence-corrected chi connectivity index (χ1v) is 8.51. The SMILES string of the molecule is CC1(c2nn3c(C4CCCCC4)nnc3s2)CCNC1. The molecule has 1 atom stereocenters. The predicted molar refractivity (Wildman–Crippen MR) is 79.3 cm³/mol. The normalized spacial score (nSPS) is 28.4. The van der Waals surface area contributed by atoms with Crippen LogP contribution in [-0.2, 0) is 5.41 Å². The molecule has 0 aromatic carbocycles. The second-order valence-corrected chi connectivity index (χ2v) is 7.44. The standard InChI is InChI=1S/C14H21N5S/c1-14(7-8-15-9-14)12-18-19-11(16-17-13(19)20-12)10-5-3-2-4-6-10/h10,15H,2-9H2,1H3. The van der Waals surface area contributed by atoms with E-state index < -0.39 is 0 Å². The summed E-state index contributed by atoms with van der Waals surface area (Å²) in [6.45, 7) is 4.42. The van der Waals surface area contributed by atoms with Gasteiger partial charge in [-0.05, 0) is 25.8 Å². The lowest BCUT2D eigenvalue weighted by atomic mass is 9.89. The van der Waals surface area contributed by atoms with Gasteiger partial charge in [0.2, 0.25) is 4.96 Å². The number of nitrogens with one attached hydrogen (secondary N) is 1. The van der Waals surface area contributed by atoms with E-state index in [2.05, 4.69) is 22.4 Å². The van der Waals surface area contributed by atoms with Crippen molar-refractivity contribution in [3.8, 4) is 0 Å². The third-order valence-electron chi connectivity index (χ3n) is 4.87. The Hall–Kier alpha value is -1.01. The first-order valence-electron chi connectivity index (χ1n) is 7.70. The molecule has 2 aliphatic rings. The Balaban J connectivity index is 1.71. The van der Waals surface area contributed by atoms with Gasteiger partial charge in [0, 0.05) is 17.9 Å². The fourth-order valence-electron chi connectivity index (χ4n) is 3.49. The zero-order chi connectivity index (χ0) is 13.6. The second-order valence-electron chi connectivity index (χ2n) is 6.48. The summed E-state index contributed by atoms with van der Waals surface area (Å²) in [4.78, 5) is 0.966. The van der Waals surface area contributed by atoms with E-state index in [0.29, 0.717) is 5.92 Å². The molecule has 4 rings (SSSR count). The molecule has 2 aromatic heterocycles. The van der Waals surface area contributed by atoms with Crippen molar-refractivity contribution in [1.82, 2.24) is 25.1 Å². The molecule has 0 spiro atoms. The van der Waals surface area contributed by atoms with E-state index in [0.717, 1.165) is 30.3 Å². The molecule has 6 heteroatoms. The van der Waals surface area contributed by atoms with Crippen molar-refractivity contribution < 1.29 is 0 Å². The zero-order valence-electron chi connectivity index (χ0n) is 11.9. The Morgan fingerprint density at radius 2 is 2.10 bits per heavy atom. The molecule has 0 bridgehead atoms. The molecule has 0 radical (unpaired) electrons. The highest BCUT2D eigenvalue weighted by atomic mass is 32.1. The van der Waals surface area contributed by atoms with Crippen LogP contribution < -0.4 is 5.32 Å². The molecule has 3 heterocycles. The maximum absolute atomic E-state index is 4.87. The van der Waals surface area contributed by atoms with Crippen LogP contribution in [0.25, 0.3) is 4.96 Å². The van der Waals surface area contributed by atoms with Crippen molar-refractivity contribution in [3.63, 3.8) is 0 Å². The summed E-state index contributed by atoms with van der Waals surface area (Å²) in [5.41, 5.74) is 0.176. The molecular weight excluding hydrogens is 270 g/mol. The van der Waals surface area contributed by atoms with Gasteiger partial charge in [0.15, 0.2) is 5.82 Å². The average Bonchev–Trinajstić information content (AvgIpc) is 3.14. The van der Waals surface area contributed by atoms with Gasteiger partial charge in [0.05, 0.1) is 0 Å². The van der Waals surface area contributed by atoms with Crippen molar-refractivity contribution >= 4 is 16.3 Å². The molecule has 5 nitrogen and oxygen atoms in total. The molecule has 1 N–H and O–H groups in total. The van der Waals surface area contributed by atoms with Gasteiger partial charge in [-0.15, -0.1) is 10.2 Å². The van der Waals surface area contributed by atoms with E-state index in [-0.39, 0.29) is 5.41 Å². The first kappa shape index (κ1) is 12.7. The summed E-state index contributed by atoms with van der Waals surface area (Å²) in [6.07, 6.45) is 7.65. The number of hydrogen-bond donors (Lipinski definition) is 1. The predicted octanol–water partition coefficient (Wildman–Crippen LogP) is 2.48. The van der Waals surface area contributed by atoms with Crippen molar-refractivity contribution in [2.24, 2.45) is 0 Å². The maximum atomic E-state index is 4.87. The highest BCUT2D eigenvalue weighted by Crippen LogP contribution is 2.36. The molecule has 108 valence electrons. The van der Waals surface area contributed by atoms with Gasteiger partial charge in [0.1, 0.15) is 5.01 Å². The Morgan fingerprint density at radius 3 is 2.85 bits per heavy atom. The van der Waals surface area contributed by atoms with Gasteiger partial charge in [0.25, 0.3) is 0 Å². The number of rotatable bonds is 2. The molecule has 20 heavy (non-hydrogen) atoms. The molecular formula is C14H21N5S. The average molecular weight is 291 g/mol. The van der Waals surface area contributed by atoms with Gasteiger partial charge >= 0.3 is 0 Å². The zero-order valence-corrected chi connectivity index (χ0v) is 12.7. The molecule has 1 saturated carbocycles. The number of fused-ring (bicyclic) bond motifs is 1. The lowest BCUT2D eigenvalue weighted by molar-refractivity contribution is 0.421. The van der Waals surface area contributed by atoms with E-state index in [1.165, 1.54) is 37.1 Å². The molecule has 1 saturated heterocycles.